The molecule has 0 spiro atoms. The first-order valence-corrected chi connectivity index (χ1v) is 8.50. The monoisotopic (exact) mass is 346 g/mol. The van der Waals surface area contributed by atoms with Crippen LogP contribution in [0.4, 0.5) is 5.82 Å². The third kappa shape index (κ3) is 4.60. The molecule has 1 aliphatic heterocycles. The summed E-state index contributed by atoms with van der Waals surface area (Å²) in [6.45, 7) is 6.51. The van der Waals surface area contributed by atoms with Gasteiger partial charge in [0.1, 0.15) is 18.0 Å². The molecule has 0 aliphatic carbocycles. The van der Waals surface area contributed by atoms with E-state index in [-0.39, 0.29) is 23.9 Å². The fourth-order valence-corrected chi connectivity index (χ4v) is 2.98. The van der Waals surface area contributed by atoms with Gasteiger partial charge in [-0.1, -0.05) is 0 Å². The molecule has 0 bridgehead atoms. The predicted molar refractivity (Wildman–Crippen MR) is 94.0 cm³/mol. The molecule has 1 atom stereocenters. The first kappa shape index (κ1) is 19.0. The first-order chi connectivity index (χ1) is 11.8. The molecule has 25 heavy (non-hydrogen) atoms. The van der Waals surface area contributed by atoms with E-state index < -0.39 is 6.10 Å². The second-order valence-electron chi connectivity index (χ2n) is 7.29. The topological polar surface area (TPSA) is 87.4 Å². The molecule has 1 aromatic rings. The van der Waals surface area contributed by atoms with Crippen LogP contribution in [0.15, 0.2) is 12.3 Å². The highest BCUT2D eigenvalue weighted by molar-refractivity contribution is 5.95. The van der Waals surface area contributed by atoms with Gasteiger partial charge in [0, 0.05) is 25.4 Å². The Balaban J connectivity index is 2.11. The third-order valence-corrected chi connectivity index (χ3v) is 4.29. The fourth-order valence-electron chi connectivity index (χ4n) is 2.98. The Morgan fingerprint density at radius 3 is 2.76 bits per heavy atom. The smallest absolute Gasteiger partial charge is 0.252 e. The van der Waals surface area contributed by atoms with E-state index in [1.807, 2.05) is 25.3 Å². The van der Waals surface area contributed by atoms with Crippen molar-refractivity contribution in [1.29, 1.82) is 5.26 Å². The number of carbonyl (C=O) groups excluding carboxylic acids is 2. The average molecular weight is 346 g/mol. The van der Waals surface area contributed by atoms with Crippen molar-refractivity contribution in [1.82, 2.24) is 9.47 Å². The number of methoxy groups -OCH3 is 1. The molecule has 0 saturated carbocycles. The number of aromatic nitrogens is 1. The molecule has 7 heteroatoms. The zero-order valence-corrected chi connectivity index (χ0v) is 15.3. The van der Waals surface area contributed by atoms with Crippen LogP contribution in [0.5, 0.6) is 0 Å². The third-order valence-electron chi connectivity index (χ3n) is 4.29. The summed E-state index contributed by atoms with van der Waals surface area (Å²) in [5, 5.41) is 11.9. The molecule has 1 saturated heterocycles. The van der Waals surface area contributed by atoms with Gasteiger partial charge < -0.3 is 19.5 Å². The summed E-state index contributed by atoms with van der Waals surface area (Å²) in [6.07, 6.45) is 3.69. The van der Waals surface area contributed by atoms with Crippen molar-refractivity contribution in [2.75, 3.05) is 25.5 Å². The van der Waals surface area contributed by atoms with Crippen LogP contribution >= 0.6 is 0 Å². The standard InChI is InChI=1S/C18H26N4O3/c1-18(2,3)22-11-13(10-19)9-15(22)20-16(23)12-21-8-6-5-7-14(25-4)17(21)24/h9,11,14H,5-8,12H2,1-4H3,(H,20,23). The van der Waals surface area contributed by atoms with Crippen LogP contribution < -0.4 is 5.32 Å². The number of ether oxygens (including phenoxy) is 1. The lowest BCUT2D eigenvalue weighted by Gasteiger charge is -2.26. The summed E-state index contributed by atoms with van der Waals surface area (Å²) in [7, 11) is 1.52. The highest BCUT2D eigenvalue weighted by Gasteiger charge is 2.28. The Morgan fingerprint density at radius 1 is 1.44 bits per heavy atom. The Labute approximate surface area is 148 Å². The van der Waals surface area contributed by atoms with E-state index in [0.29, 0.717) is 24.3 Å². The summed E-state index contributed by atoms with van der Waals surface area (Å²) in [6, 6.07) is 3.73. The number of hydrogen-bond donors (Lipinski definition) is 1. The molecule has 1 N–H and O–H groups in total. The Kier molecular flexibility index (Phi) is 5.85. The van der Waals surface area contributed by atoms with Gasteiger partial charge in [-0.3, -0.25) is 9.59 Å². The molecule has 1 aromatic heterocycles. The van der Waals surface area contributed by atoms with Crippen molar-refractivity contribution in [2.24, 2.45) is 0 Å². The lowest BCUT2D eigenvalue weighted by Crippen LogP contribution is -2.43. The van der Waals surface area contributed by atoms with E-state index in [1.165, 1.54) is 7.11 Å². The van der Waals surface area contributed by atoms with Gasteiger partial charge in [0.15, 0.2) is 0 Å². The van der Waals surface area contributed by atoms with Gasteiger partial charge in [0.05, 0.1) is 12.1 Å². The number of likely N-dealkylation sites (tertiary alicyclic amines) is 1. The predicted octanol–water partition coefficient (Wildman–Crippen LogP) is 2.08. The van der Waals surface area contributed by atoms with E-state index >= 15 is 0 Å². The number of nitrogens with zero attached hydrogens (tertiary/aromatic N) is 3. The minimum atomic E-state index is -0.473. The molecule has 1 fully saturated rings. The zero-order valence-electron chi connectivity index (χ0n) is 15.3. The molecule has 1 aliphatic rings. The van der Waals surface area contributed by atoms with E-state index in [2.05, 4.69) is 11.4 Å². The summed E-state index contributed by atoms with van der Waals surface area (Å²) in [5.41, 5.74) is 0.201. The lowest BCUT2D eigenvalue weighted by molar-refractivity contribution is -0.143. The van der Waals surface area contributed by atoms with E-state index in [1.54, 1.807) is 17.2 Å². The van der Waals surface area contributed by atoms with Crippen LogP contribution in [-0.4, -0.2) is 47.6 Å². The van der Waals surface area contributed by atoms with Crippen molar-refractivity contribution >= 4 is 17.6 Å². The van der Waals surface area contributed by atoms with E-state index in [9.17, 15) is 9.59 Å². The molecule has 136 valence electrons. The number of nitrogens with one attached hydrogen (secondary N) is 1. The molecule has 2 amide bonds. The van der Waals surface area contributed by atoms with Crippen LogP contribution in [0, 0.1) is 11.3 Å². The number of nitriles is 1. The van der Waals surface area contributed by atoms with Crippen molar-refractivity contribution < 1.29 is 14.3 Å². The number of anilines is 1. The summed E-state index contributed by atoms with van der Waals surface area (Å²) in [4.78, 5) is 26.4. The van der Waals surface area contributed by atoms with Crippen LogP contribution in [0.3, 0.4) is 0 Å². The molecule has 2 rings (SSSR count). The summed E-state index contributed by atoms with van der Waals surface area (Å²) < 4.78 is 7.08. The van der Waals surface area contributed by atoms with Gasteiger partial charge in [-0.2, -0.15) is 5.26 Å². The van der Waals surface area contributed by atoms with Crippen molar-refractivity contribution in [3.8, 4) is 6.07 Å². The van der Waals surface area contributed by atoms with Crippen LogP contribution in [0.1, 0.15) is 45.6 Å². The maximum absolute atomic E-state index is 12.5. The zero-order chi connectivity index (χ0) is 18.6. The average Bonchev–Trinajstić information content (AvgIpc) is 2.88. The molecular formula is C18H26N4O3. The van der Waals surface area contributed by atoms with Crippen molar-refractivity contribution in [2.45, 2.75) is 51.7 Å². The Morgan fingerprint density at radius 2 is 2.16 bits per heavy atom. The van der Waals surface area contributed by atoms with Gasteiger partial charge in [0.25, 0.3) is 5.91 Å². The van der Waals surface area contributed by atoms with Crippen LogP contribution in [0.2, 0.25) is 0 Å². The van der Waals surface area contributed by atoms with E-state index in [0.717, 1.165) is 12.8 Å². The number of hydrogen-bond acceptors (Lipinski definition) is 4. The second kappa shape index (κ2) is 7.70. The highest BCUT2D eigenvalue weighted by atomic mass is 16.5. The van der Waals surface area contributed by atoms with Crippen LogP contribution in [0.25, 0.3) is 0 Å². The first-order valence-electron chi connectivity index (χ1n) is 8.50. The van der Waals surface area contributed by atoms with Gasteiger partial charge in [0.2, 0.25) is 5.91 Å². The largest absolute Gasteiger partial charge is 0.372 e. The van der Waals surface area contributed by atoms with Gasteiger partial charge in [-0.25, -0.2) is 0 Å². The maximum Gasteiger partial charge on any atom is 0.252 e. The molecule has 2 heterocycles. The number of rotatable bonds is 4. The molecule has 0 radical (unpaired) electrons. The van der Waals surface area contributed by atoms with Crippen molar-refractivity contribution in [3.05, 3.63) is 17.8 Å². The number of amides is 2. The quantitative estimate of drug-likeness (QED) is 0.904. The second-order valence-corrected chi connectivity index (χ2v) is 7.29. The van der Waals surface area contributed by atoms with Gasteiger partial charge in [-0.15, -0.1) is 0 Å². The maximum atomic E-state index is 12.5. The SMILES string of the molecule is COC1CCCCN(CC(=O)Nc2cc(C#N)cn2C(C)(C)C)C1=O. The van der Waals surface area contributed by atoms with Gasteiger partial charge in [-0.05, 0) is 46.1 Å². The molecule has 0 aromatic carbocycles. The minimum Gasteiger partial charge on any atom is -0.372 e. The highest BCUT2D eigenvalue weighted by Crippen LogP contribution is 2.24. The number of carbonyl (C=O) groups is 2. The summed E-state index contributed by atoms with van der Waals surface area (Å²) in [5.74, 6) is 0.136. The van der Waals surface area contributed by atoms with Crippen molar-refractivity contribution in [3.63, 3.8) is 0 Å². The normalized spacial score (nSPS) is 18.6. The van der Waals surface area contributed by atoms with E-state index in [4.69, 9.17) is 10.00 Å². The fraction of sp³-hybridized carbons (Fsp3) is 0.611. The minimum absolute atomic E-state index is 0.0180. The molecular weight excluding hydrogens is 320 g/mol. The summed E-state index contributed by atoms with van der Waals surface area (Å²) >= 11 is 0. The molecule has 7 nitrogen and oxygen atoms in total. The van der Waals surface area contributed by atoms with Gasteiger partial charge >= 0.3 is 0 Å². The lowest BCUT2D eigenvalue weighted by atomic mass is 10.1. The Hall–Kier alpha value is -2.33. The Bertz CT molecular complexity index is 681. The van der Waals surface area contributed by atoms with Crippen LogP contribution in [-0.2, 0) is 19.9 Å². The molecule has 1 unspecified atom stereocenters.